The zero-order chi connectivity index (χ0) is 13.4. The fourth-order valence-electron chi connectivity index (χ4n) is 1.94. The lowest BCUT2D eigenvalue weighted by molar-refractivity contribution is 0.248. The second-order valence-corrected chi connectivity index (χ2v) is 4.71. The van der Waals surface area contributed by atoms with Gasteiger partial charge in [0.05, 0.1) is 13.7 Å². The zero-order valence-corrected chi connectivity index (χ0v) is 12.0. The van der Waals surface area contributed by atoms with Crippen molar-refractivity contribution in [3.8, 4) is 11.5 Å². The summed E-state index contributed by atoms with van der Waals surface area (Å²) in [5.41, 5.74) is 1.17. The first-order valence-electron chi connectivity index (χ1n) is 6.65. The van der Waals surface area contributed by atoms with Gasteiger partial charge in [-0.1, -0.05) is 26.3 Å². The Kier molecular flexibility index (Phi) is 6.58. The van der Waals surface area contributed by atoms with E-state index < -0.39 is 0 Å². The molecule has 1 aromatic carbocycles. The molecule has 0 bridgehead atoms. The van der Waals surface area contributed by atoms with E-state index in [0.29, 0.717) is 5.92 Å². The van der Waals surface area contributed by atoms with Crippen molar-refractivity contribution < 1.29 is 9.47 Å². The molecule has 102 valence electrons. The minimum absolute atomic E-state index is 0.587. The van der Waals surface area contributed by atoms with Crippen LogP contribution in [0, 0.1) is 5.92 Å². The van der Waals surface area contributed by atoms with Gasteiger partial charge in [-0.3, -0.25) is 0 Å². The van der Waals surface area contributed by atoms with Gasteiger partial charge in [0.2, 0.25) is 0 Å². The lowest BCUT2D eigenvalue weighted by Crippen LogP contribution is -2.12. The number of methoxy groups -OCH3 is 1. The molecule has 1 rings (SSSR count). The number of nitrogens with one attached hydrogen (secondary N) is 1. The number of ether oxygens (including phenoxy) is 2. The Labute approximate surface area is 110 Å². The Bertz CT molecular complexity index is 352. The Morgan fingerprint density at radius 3 is 2.72 bits per heavy atom. The highest BCUT2D eigenvalue weighted by atomic mass is 16.5. The molecule has 0 amide bonds. The average Bonchev–Trinajstić information content (AvgIpc) is 2.38. The predicted molar refractivity (Wildman–Crippen MR) is 75.3 cm³/mol. The van der Waals surface area contributed by atoms with Gasteiger partial charge in [0.25, 0.3) is 0 Å². The van der Waals surface area contributed by atoms with E-state index in [-0.39, 0.29) is 0 Å². The summed E-state index contributed by atoms with van der Waals surface area (Å²) in [6.07, 6.45) is 2.40. The summed E-state index contributed by atoms with van der Waals surface area (Å²) >= 11 is 0. The summed E-state index contributed by atoms with van der Waals surface area (Å²) in [4.78, 5) is 0. The third-order valence-electron chi connectivity index (χ3n) is 2.95. The van der Waals surface area contributed by atoms with E-state index in [9.17, 15) is 0 Å². The third kappa shape index (κ3) is 4.57. The summed E-state index contributed by atoms with van der Waals surface area (Å²) < 4.78 is 11.2. The van der Waals surface area contributed by atoms with Gasteiger partial charge in [-0.25, -0.2) is 0 Å². The Morgan fingerprint density at radius 2 is 2.11 bits per heavy atom. The van der Waals surface area contributed by atoms with Gasteiger partial charge in [-0.2, -0.15) is 0 Å². The van der Waals surface area contributed by atoms with E-state index in [1.165, 1.54) is 18.4 Å². The molecule has 0 aromatic heterocycles. The molecule has 0 saturated heterocycles. The topological polar surface area (TPSA) is 30.5 Å². The van der Waals surface area contributed by atoms with Crippen LogP contribution in [-0.2, 0) is 6.54 Å². The molecule has 0 aliphatic heterocycles. The van der Waals surface area contributed by atoms with Crippen LogP contribution in [0.25, 0.3) is 0 Å². The standard InChI is InChI=1S/C15H25NO2/c1-5-6-12(2)11-18-15-9-14(17-4)8-7-13(15)10-16-3/h7-9,12,16H,5-6,10-11H2,1-4H3. The van der Waals surface area contributed by atoms with Crippen LogP contribution in [0.1, 0.15) is 32.3 Å². The van der Waals surface area contributed by atoms with Crippen LogP contribution in [0.3, 0.4) is 0 Å². The predicted octanol–water partition coefficient (Wildman–Crippen LogP) is 3.23. The lowest BCUT2D eigenvalue weighted by atomic mass is 10.1. The van der Waals surface area contributed by atoms with Crippen LogP contribution >= 0.6 is 0 Å². The molecule has 0 spiro atoms. The van der Waals surface area contributed by atoms with Gasteiger partial charge in [-0.15, -0.1) is 0 Å². The number of rotatable bonds is 8. The second-order valence-electron chi connectivity index (χ2n) is 4.71. The Morgan fingerprint density at radius 1 is 1.33 bits per heavy atom. The largest absolute Gasteiger partial charge is 0.497 e. The number of hydrogen-bond donors (Lipinski definition) is 1. The highest BCUT2D eigenvalue weighted by Gasteiger charge is 2.07. The van der Waals surface area contributed by atoms with E-state index in [2.05, 4.69) is 25.2 Å². The molecule has 0 radical (unpaired) electrons. The molecular weight excluding hydrogens is 226 g/mol. The molecule has 0 saturated carbocycles. The van der Waals surface area contributed by atoms with E-state index in [4.69, 9.17) is 9.47 Å². The van der Waals surface area contributed by atoms with E-state index in [0.717, 1.165) is 24.7 Å². The van der Waals surface area contributed by atoms with Gasteiger partial charge < -0.3 is 14.8 Å². The first kappa shape index (κ1) is 14.8. The van der Waals surface area contributed by atoms with Crippen molar-refractivity contribution in [2.24, 2.45) is 5.92 Å². The average molecular weight is 251 g/mol. The molecule has 1 aromatic rings. The maximum Gasteiger partial charge on any atom is 0.127 e. The van der Waals surface area contributed by atoms with Crippen molar-refractivity contribution in [2.75, 3.05) is 20.8 Å². The van der Waals surface area contributed by atoms with E-state index >= 15 is 0 Å². The maximum atomic E-state index is 5.93. The normalized spacial score (nSPS) is 12.2. The molecule has 0 aliphatic carbocycles. The van der Waals surface area contributed by atoms with Gasteiger partial charge in [0, 0.05) is 18.2 Å². The highest BCUT2D eigenvalue weighted by Crippen LogP contribution is 2.25. The van der Waals surface area contributed by atoms with Crippen molar-refractivity contribution in [1.82, 2.24) is 5.32 Å². The van der Waals surface area contributed by atoms with Crippen LogP contribution in [-0.4, -0.2) is 20.8 Å². The molecule has 0 heterocycles. The maximum absolute atomic E-state index is 5.93. The molecule has 3 heteroatoms. The molecular formula is C15H25NO2. The van der Waals surface area contributed by atoms with Crippen molar-refractivity contribution in [2.45, 2.75) is 33.2 Å². The fraction of sp³-hybridized carbons (Fsp3) is 0.600. The van der Waals surface area contributed by atoms with Gasteiger partial charge in [-0.05, 0) is 25.5 Å². The van der Waals surface area contributed by atoms with Crippen molar-refractivity contribution in [3.05, 3.63) is 23.8 Å². The Hall–Kier alpha value is -1.22. The summed E-state index contributed by atoms with van der Waals surface area (Å²) in [5, 5.41) is 3.15. The SMILES string of the molecule is CCCC(C)COc1cc(OC)ccc1CNC. The van der Waals surface area contributed by atoms with Crippen LogP contribution in [0.5, 0.6) is 11.5 Å². The third-order valence-corrected chi connectivity index (χ3v) is 2.95. The smallest absolute Gasteiger partial charge is 0.127 e. The quantitative estimate of drug-likeness (QED) is 0.769. The first-order valence-corrected chi connectivity index (χ1v) is 6.65. The molecule has 0 fully saturated rings. The lowest BCUT2D eigenvalue weighted by Gasteiger charge is -2.16. The highest BCUT2D eigenvalue weighted by molar-refractivity contribution is 5.40. The molecule has 1 N–H and O–H groups in total. The summed E-state index contributed by atoms with van der Waals surface area (Å²) in [6.45, 7) is 6.00. The summed E-state index contributed by atoms with van der Waals surface area (Å²) in [5.74, 6) is 2.35. The summed E-state index contributed by atoms with van der Waals surface area (Å²) in [6, 6.07) is 5.98. The number of hydrogen-bond acceptors (Lipinski definition) is 3. The van der Waals surface area contributed by atoms with E-state index in [1.54, 1.807) is 7.11 Å². The van der Waals surface area contributed by atoms with Crippen molar-refractivity contribution >= 4 is 0 Å². The van der Waals surface area contributed by atoms with Crippen LogP contribution < -0.4 is 14.8 Å². The fourth-order valence-corrected chi connectivity index (χ4v) is 1.94. The Balaban J connectivity index is 2.70. The zero-order valence-electron chi connectivity index (χ0n) is 12.0. The minimum atomic E-state index is 0.587. The van der Waals surface area contributed by atoms with Gasteiger partial charge in [0.15, 0.2) is 0 Å². The molecule has 1 atom stereocenters. The number of benzene rings is 1. The molecule has 1 unspecified atom stereocenters. The van der Waals surface area contributed by atoms with Crippen molar-refractivity contribution in [3.63, 3.8) is 0 Å². The molecule has 0 aliphatic rings. The first-order chi connectivity index (χ1) is 8.71. The second kappa shape index (κ2) is 7.98. The van der Waals surface area contributed by atoms with Crippen LogP contribution in [0.2, 0.25) is 0 Å². The minimum Gasteiger partial charge on any atom is -0.497 e. The van der Waals surface area contributed by atoms with Gasteiger partial charge in [0.1, 0.15) is 11.5 Å². The van der Waals surface area contributed by atoms with E-state index in [1.807, 2.05) is 19.2 Å². The van der Waals surface area contributed by atoms with Crippen molar-refractivity contribution in [1.29, 1.82) is 0 Å². The van der Waals surface area contributed by atoms with Gasteiger partial charge >= 0.3 is 0 Å². The summed E-state index contributed by atoms with van der Waals surface area (Å²) in [7, 11) is 3.62. The monoisotopic (exact) mass is 251 g/mol. The molecule has 3 nitrogen and oxygen atoms in total. The van der Waals surface area contributed by atoms with Crippen LogP contribution in [0.15, 0.2) is 18.2 Å². The van der Waals surface area contributed by atoms with Crippen LogP contribution in [0.4, 0.5) is 0 Å². The molecule has 18 heavy (non-hydrogen) atoms.